The minimum absolute atomic E-state index is 0.338. The van der Waals surface area contributed by atoms with Crippen molar-refractivity contribution in [2.75, 3.05) is 65.4 Å². The van der Waals surface area contributed by atoms with Crippen LogP contribution in [-0.4, -0.2) is 230 Å². The molecular weight excluding hydrogens is 957 g/mol. The van der Waals surface area contributed by atoms with Gasteiger partial charge in [0.15, 0.2) is 0 Å². The van der Waals surface area contributed by atoms with Gasteiger partial charge in [0.05, 0.1) is 0 Å². The molecule has 11 aliphatic rings. The van der Waals surface area contributed by atoms with Gasteiger partial charge in [-0.1, -0.05) is 0 Å². The molecule has 0 spiro atoms. The molecular formula is C68H136N10. The minimum Gasteiger partial charge on any atom is -0.295 e. The molecule has 11 rings (SSSR count). The molecule has 10 unspecified atom stereocenters. The van der Waals surface area contributed by atoms with Gasteiger partial charge >= 0.3 is 0 Å². The molecule has 10 atom stereocenters. The predicted molar refractivity (Wildman–Crippen MR) is 339 cm³/mol. The van der Waals surface area contributed by atoms with Crippen molar-refractivity contribution in [1.29, 1.82) is 0 Å². The third-order valence-corrected chi connectivity index (χ3v) is 20.6. The topological polar surface area (TPSA) is 32.4 Å². The highest BCUT2D eigenvalue weighted by Crippen LogP contribution is 2.43. The third-order valence-electron chi connectivity index (χ3n) is 20.6. The molecule has 0 amide bonds. The summed E-state index contributed by atoms with van der Waals surface area (Å²) in [6.07, 6.45) is 11.2. The highest BCUT2D eigenvalue weighted by molar-refractivity contribution is 5.09. The van der Waals surface area contributed by atoms with E-state index in [0.29, 0.717) is 55.4 Å². The molecule has 0 aromatic carbocycles. The summed E-state index contributed by atoms with van der Waals surface area (Å²) in [6.45, 7) is 83.2. The normalized spacial score (nSPS) is 33.6. The highest BCUT2D eigenvalue weighted by atomic mass is 15.4. The molecule has 0 aromatic heterocycles. The van der Waals surface area contributed by atoms with Crippen molar-refractivity contribution in [2.24, 2.45) is 0 Å². The number of piperazine rings is 5. The van der Waals surface area contributed by atoms with E-state index in [1.54, 1.807) is 0 Å². The SMILES string of the molecule is CC(C)(C)N1CC2CC1CN2C(C)(C)C.CC(C)(C)N1CC2CC1CN2C(C)(C)C.CC(C)(C)N1CC2CCC(C1)N2C(C)(C)C.CC(C)(C)N1CC2CCC(C1)N2C(C)(C)C.CC(C)(C)N1CC2CCC1CN2C(C)(C)C. The van der Waals surface area contributed by atoms with E-state index in [1.807, 2.05) is 0 Å². The van der Waals surface area contributed by atoms with Crippen LogP contribution in [-0.2, 0) is 0 Å². The van der Waals surface area contributed by atoms with Gasteiger partial charge in [-0.25, -0.2) is 0 Å². The van der Waals surface area contributed by atoms with E-state index >= 15 is 0 Å². The van der Waals surface area contributed by atoms with E-state index in [-0.39, 0.29) is 0 Å². The van der Waals surface area contributed by atoms with Crippen molar-refractivity contribution in [3.05, 3.63) is 0 Å². The summed E-state index contributed by atoms with van der Waals surface area (Å²) in [6, 6.07) is 7.92. The Kier molecular flexibility index (Phi) is 19.8. The van der Waals surface area contributed by atoms with Crippen molar-refractivity contribution >= 4 is 0 Å². The largest absolute Gasteiger partial charge is 0.295 e. The molecule has 10 nitrogen and oxygen atoms in total. The Balaban J connectivity index is 0.000000158. The van der Waals surface area contributed by atoms with Crippen molar-refractivity contribution in [3.8, 4) is 0 Å². The van der Waals surface area contributed by atoms with Crippen LogP contribution >= 0.6 is 0 Å². The number of piperidine rings is 2. The second kappa shape index (κ2) is 23.1. The predicted octanol–water partition coefficient (Wildman–Crippen LogP) is 12.9. The van der Waals surface area contributed by atoms with Crippen LogP contribution < -0.4 is 0 Å². The van der Waals surface area contributed by atoms with Crippen LogP contribution in [0.3, 0.4) is 0 Å². The zero-order valence-corrected chi connectivity index (χ0v) is 58.0. The van der Waals surface area contributed by atoms with Gasteiger partial charge < -0.3 is 0 Å². The van der Waals surface area contributed by atoms with Gasteiger partial charge in [-0.2, -0.15) is 0 Å². The summed E-state index contributed by atoms with van der Waals surface area (Å²) in [7, 11) is 0. The van der Waals surface area contributed by atoms with Crippen LogP contribution in [0.5, 0.6) is 0 Å². The van der Waals surface area contributed by atoms with Crippen LogP contribution in [0.2, 0.25) is 0 Å². The van der Waals surface area contributed by atoms with Gasteiger partial charge in [0, 0.05) is 181 Å². The van der Waals surface area contributed by atoms with Crippen LogP contribution in [0, 0.1) is 0 Å². The van der Waals surface area contributed by atoms with E-state index < -0.39 is 0 Å². The number of hydrogen-bond acceptors (Lipinski definition) is 10. The van der Waals surface area contributed by atoms with Crippen molar-refractivity contribution in [2.45, 2.75) is 375 Å². The van der Waals surface area contributed by atoms with E-state index in [9.17, 15) is 0 Å². The number of likely N-dealkylation sites (tertiary alicyclic amines) is 6. The Bertz CT molecular complexity index is 1680. The first kappa shape index (κ1) is 66.7. The average Bonchev–Trinajstić information content (AvgIpc) is 4.13. The van der Waals surface area contributed by atoms with E-state index in [1.165, 1.54) is 117 Å². The van der Waals surface area contributed by atoms with Crippen molar-refractivity contribution < 1.29 is 0 Å². The molecule has 0 N–H and O–H groups in total. The Morgan fingerprint density at radius 1 is 0.179 bits per heavy atom. The average molecular weight is 1090 g/mol. The van der Waals surface area contributed by atoms with Gasteiger partial charge in [0.1, 0.15) is 0 Å². The minimum atomic E-state index is 0.338. The highest BCUT2D eigenvalue weighted by Gasteiger charge is 2.52. The van der Waals surface area contributed by atoms with Crippen LogP contribution in [0.25, 0.3) is 0 Å². The summed E-state index contributed by atoms with van der Waals surface area (Å²) in [5, 5.41) is 0. The van der Waals surface area contributed by atoms with Gasteiger partial charge in [0.2, 0.25) is 0 Å². The molecule has 10 heteroatoms. The van der Waals surface area contributed by atoms with Gasteiger partial charge in [0.25, 0.3) is 0 Å². The monoisotopic (exact) mass is 1090 g/mol. The van der Waals surface area contributed by atoms with E-state index in [0.717, 1.165) is 60.4 Å². The summed E-state index contributed by atoms with van der Waals surface area (Å²) in [4.78, 5) is 27.1. The Labute approximate surface area is 487 Å². The molecule has 11 fully saturated rings. The second-order valence-corrected chi connectivity index (χ2v) is 37.0. The first-order chi connectivity index (χ1) is 35.0. The van der Waals surface area contributed by atoms with Gasteiger partial charge in [-0.05, 0) is 259 Å². The smallest absolute Gasteiger partial charge is 0.0244 e. The lowest BCUT2D eigenvalue weighted by atomic mass is 9.84. The number of rotatable bonds is 0. The van der Waals surface area contributed by atoms with Crippen molar-refractivity contribution in [3.63, 3.8) is 0 Å². The zero-order valence-electron chi connectivity index (χ0n) is 58.0. The molecule has 78 heavy (non-hydrogen) atoms. The number of fused-ring (bicyclic) bond motifs is 11. The molecule has 0 aromatic rings. The lowest BCUT2D eigenvalue weighted by molar-refractivity contribution is -0.0946. The maximum Gasteiger partial charge on any atom is 0.0244 e. The summed E-state index contributed by atoms with van der Waals surface area (Å²) in [5.41, 5.74) is 3.45. The Hall–Kier alpha value is -0.400. The molecule has 11 saturated heterocycles. The van der Waals surface area contributed by atoms with Crippen LogP contribution in [0.15, 0.2) is 0 Å². The molecule has 0 aliphatic carbocycles. The molecule has 11 heterocycles. The maximum absolute atomic E-state index is 2.77. The Morgan fingerprint density at radius 2 is 0.346 bits per heavy atom. The van der Waals surface area contributed by atoms with Gasteiger partial charge in [-0.15, -0.1) is 0 Å². The second-order valence-electron chi connectivity index (χ2n) is 37.0. The van der Waals surface area contributed by atoms with Crippen LogP contribution in [0.4, 0.5) is 0 Å². The fraction of sp³-hybridized carbons (Fsp3) is 1.00. The number of hydrogen-bond donors (Lipinski definition) is 0. The first-order valence-corrected chi connectivity index (χ1v) is 32.6. The molecule has 10 bridgehead atoms. The standard InChI is InChI=1S/3C14H28N2.2C13H26N2/c1-13(2,3)15-9-12-8-7-11(15)10-16(12)14(4,5)6;2*1-13(2,3)15-9-11-7-8-12(10-15)16(11)14(4,5)6;2*1-12(2,3)14-8-11-7-10(14)9-15(11)13(4,5)6/h3*11-12H,7-10H2,1-6H3;2*10-11H,7-9H2,1-6H3. The maximum atomic E-state index is 2.77. The van der Waals surface area contributed by atoms with Crippen LogP contribution in [0.1, 0.15) is 259 Å². The summed E-state index contributed by atoms with van der Waals surface area (Å²) in [5.74, 6) is 0. The fourth-order valence-corrected chi connectivity index (χ4v) is 17.2. The molecule has 0 saturated carbocycles. The van der Waals surface area contributed by atoms with E-state index in [2.05, 4.69) is 257 Å². The fourth-order valence-electron chi connectivity index (χ4n) is 17.2. The lowest BCUT2D eigenvalue weighted by Crippen LogP contribution is -2.69. The lowest BCUT2D eigenvalue weighted by Gasteiger charge is -2.59. The first-order valence-electron chi connectivity index (χ1n) is 32.6. The zero-order chi connectivity index (χ0) is 59.3. The molecule has 458 valence electrons. The molecule has 11 aliphatic heterocycles. The summed E-state index contributed by atoms with van der Waals surface area (Å²) >= 11 is 0. The van der Waals surface area contributed by atoms with Crippen molar-refractivity contribution in [1.82, 2.24) is 49.0 Å². The third kappa shape index (κ3) is 15.9. The van der Waals surface area contributed by atoms with Gasteiger partial charge in [-0.3, -0.25) is 49.0 Å². The molecule has 0 radical (unpaired) electrons. The quantitative estimate of drug-likeness (QED) is 0.234. The Morgan fingerprint density at radius 3 is 0.487 bits per heavy atom. The summed E-state index contributed by atoms with van der Waals surface area (Å²) < 4.78 is 0. The van der Waals surface area contributed by atoms with E-state index in [4.69, 9.17) is 0 Å². The number of nitrogens with zero attached hydrogens (tertiary/aromatic N) is 10.